The third kappa shape index (κ3) is 3.10. The molecule has 3 rings (SSSR count). The molecule has 0 aromatic heterocycles. The van der Waals surface area contributed by atoms with Crippen molar-refractivity contribution in [2.45, 2.75) is 30.7 Å². The van der Waals surface area contributed by atoms with E-state index in [2.05, 4.69) is 0 Å². The number of hydrogen-bond acceptors (Lipinski definition) is 5. The molecule has 1 aliphatic rings. The largest absolute Gasteiger partial charge is 0.467 e. The molecule has 0 N–H and O–H groups in total. The second-order valence-electron chi connectivity index (χ2n) is 6.13. The van der Waals surface area contributed by atoms with E-state index in [1.807, 2.05) is 6.92 Å². The van der Waals surface area contributed by atoms with Gasteiger partial charge in [0.25, 0.3) is 10.0 Å². The number of fused-ring (bicyclic) bond motifs is 1. The van der Waals surface area contributed by atoms with Gasteiger partial charge in [-0.3, -0.25) is 4.79 Å². The van der Waals surface area contributed by atoms with Crippen molar-refractivity contribution in [2.24, 2.45) is 0 Å². The number of aryl methyl sites for hydroxylation is 2. The van der Waals surface area contributed by atoms with Gasteiger partial charge in [0, 0.05) is 6.42 Å². The number of esters is 1. The monoisotopic (exact) mass is 373 g/mol. The van der Waals surface area contributed by atoms with Crippen LogP contribution >= 0.6 is 0 Å². The summed E-state index contributed by atoms with van der Waals surface area (Å²) in [6.45, 7) is 1.83. The van der Waals surface area contributed by atoms with Gasteiger partial charge in [0.05, 0.1) is 12.0 Å². The summed E-state index contributed by atoms with van der Waals surface area (Å²) in [5.74, 6) is -1.42. The molecule has 1 unspecified atom stereocenters. The summed E-state index contributed by atoms with van der Waals surface area (Å²) < 4.78 is 31.9. The maximum Gasteiger partial charge on any atom is 0.334 e. The summed E-state index contributed by atoms with van der Waals surface area (Å²) in [7, 11) is -3.04. The van der Waals surface area contributed by atoms with Crippen molar-refractivity contribution in [3.63, 3.8) is 0 Å². The summed E-state index contributed by atoms with van der Waals surface area (Å²) in [5, 5.41) is 0. The van der Waals surface area contributed by atoms with Gasteiger partial charge in [-0.25, -0.2) is 17.5 Å². The molecule has 0 radical (unpaired) electrons. The van der Waals surface area contributed by atoms with Crippen molar-refractivity contribution in [1.29, 1.82) is 0 Å². The zero-order valence-corrected chi connectivity index (χ0v) is 15.3. The van der Waals surface area contributed by atoms with E-state index in [0.717, 1.165) is 11.1 Å². The third-order valence-corrected chi connectivity index (χ3v) is 6.24. The molecule has 0 spiro atoms. The average molecular weight is 373 g/mol. The topological polar surface area (TPSA) is 80.8 Å². The lowest BCUT2D eigenvalue weighted by atomic mass is 9.99. The number of ether oxygens (including phenoxy) is 1. The van der Waals surface area contributed by atoms with Crippen molar-refractivity contribution >= 4 is 21.9 Å². The van der Waals surface area contributed by atoms with Crippen LogP contribution in [0.1, 0.15) is 29.2 Å². The van der Waals surface area contributed by atoms with Crippen LogP contribution in [-0.2, 0) is 30.8 Å². The molecule has 0 fully saturated rings. The molecular formula is C19H19NO5S. The first kappa shape index (κ1) is 18.1. The highest BCUT2D eigenvalue weighted by Gasteiger charge is 2.43. The highest BCUT2D eigenvalue weighted by atomic mass is 32.2. The van der Waals surface area contributed by atoms with E-state index < -0.39 is 27.9 Å². The molecule has 136 valence electrons. The molecule has 1 atom stereocenters. The van der Waals surface area contributed by atoms with Gasteiger partial charge in [-0.15, -0.1) is 0 Å². The van der Waals surface area contributed by atoms with E-state index in [0.29, 0.717) is 16.3 Å². The maximum absolute atomic E-state index is 13.2. The first-order chi connectivity index (χ1) is 12.4. The quantitative estimate of drug-likeness (QED) is 0.772. The summed E-state index contributed by atoms with van der Waals surface area (Å²) >= 11 is 0. The number of amides is 1. The second kappa shape index (κ2) is 6.92. The highest BCUT2D eigenvalue weighted by Crippen LogP contribution is 2.35. The van der Waals surface area contributed by atoms with E-state index in [-0.39, 0.29) is 11.3 Å². The fourth-order valence-corrected chi connectivity index (χ4v) is 4.63. The Kier molecular flexibility index (Phi) is 4.82. The van der Waals surface area contributed by atoms with Crippen molar-refractivity contribution in [3.8, 4) is 0 Å². The predicted molar refractivity (Wildman–Crippen MR) is 94.7 cm³/mol. The zero-order chi connectivity index (χ0) is 18.9. The van der Waals surface area contributed by atoms with Crippen molar-refractivity contribution in [1.82, 2.24) is 4.31 Å². The first-order valence-electron chi connectivity index (χ1n) is 8.16. The lowest BCUT2D eigenvalue weighted by Crippen LogP contribution is -2.42. The Hall–Kier alpha value is -2.67. The Morgan fingerprint density at radius 1 is 1.08 bits per heavy atom. The molecule has 7 heteroatoms. The van der Waals surface area contributed by atoms with Gasteiger partial charge in [0.1, 0.15) is 0 Å². The van der Waals surface area contributed by atoms with Crippen LogP contribution in [0.15, 0.2) is 53.4 Å². The van der Waals surface area contributed by atoms with E-state index in [1.165, 1.54) is 19.2 Å². The van der Waals surface area contributed by atoms with Crippen LogP contribution in [0.4, 0.5) is 0 Å². The minimum absolute atomic E-state index is 0.00437. The summed E-state index contributed by atoms with van der Waals surface area (Å²) in [6, 6.07) is 11.8. The van der Waals surface area contributed by atoms with Crippen molar-refractivity contribution in [2.75, 3.05) is 7.11 Å². The molecule has 6 nitrogen and oxygen atoms in total. The van der Waals surface area contributed by atoms with Gasteiger partial charge in [-0.1, -0.05) is 42.0 Å². The maximum atomic E-state index is 13.2. The number of hydrogen-bond donors (Lipinski definition) is 0. The Balaban J connectivity index is 2.20. The molecule has 1 aliphatic heterocycles. The first-order valence-corrected chi connectivity index (χ1v) is 9.60. The summed E-state index contributed by atoms with van der Waals surface area (Å²) in [4.78, 5) is 25.2. The van der Waals surface area contributed by atoms with Gasteiger partial charge in [-0.05, 0) is 36.6 Å². The predicted octanol–water partition coefficient (Wildman–Crippen LogP) is 2.37. The Morgan fingerprint density at radius 3 is 2.38 bits per heavy atom. The smallest absolute Gasteiger partial charge is 0.334 e. The van der Waals surface area contributed by atoms with Gasteiger partial charge in [-0.2, -0.15) is 0 Å². The number of sulfonamides is 1. The molecule has 2 aromatic rings. The van der Waals surface area contributed by atoms with Gasteiger partial charge >= 0.3 is 5.97 Å². The standard InChI is InChI=1S/C19H19NO5S/c1-13-7-10-15(11-8-13)26(23,24)20-17(21)12-9-14-5-3-4-6-16(14)18(20)19(22)25-2/h3-8,10-11,18H,9,12H2,1-2H3. The molecule has 26 heavy (non-hydrogen) atoms. The number of carbonyl (C=O) groups is 2. The Labute approximate surface area is 152 Å². The number of nitrogens with zero attached hydrogens (tertiary/aromatic N) is 1. The SMILES string of the molecule is COC(=O)C1c2ccccc2CCC(=O)N1S(=O)(=O)c1ccc(C)cc1. The van der Waals surface area contributed by atoms with Crippen LogP contribution in [0.25, 0.3) is 0 Å². The van der Waals surface area contributed by atoms with Crippen LogP contribution in [-0.4, -0.2) is 31.7 Å². The fourth-order valence-electron chi connectivity index (χ4n) is 3.08. The van der Waals surface area contributed by atoms with E-state index in [4.69, 9.17) is 4.74 Å². The van der Waals surface area contributed by atoms with Gasteiger partial charge in [0.2, 0.25) is 5.91 Å². The van der Waals surface area contributed by atoms with Crippen molar-refractivity contribution < 1.29 is 22.7 Å². The average Bonchev–Trinajstić information content (AvgIpc) is 2.78. The zero-order valence-electron chi connectivity index (χ0n) is 14.5. The lowest BCUT2D eigenvalue weighted by molar-refractivity contribution is -0.149. The second-order valence-corrected chi connectivity index (χ2v) is 7.95. The molecule has 0 saturated carbocycles. The molecule has 1 amide bonds. The number of rotatable bonds is 3. The molecule has 0 aliphatic carbocycles. The Morgan fingerprint density at radius 2 is 1.73 bits per heavy atom. The molecule has 2 aromatic carbocycles. The van der Waals surface area contributed by atoms with Crippen LogP contribution in [0.5, 0.6) is 0 Å². The fraction of sp³-hybridized carbons (Fsp3) is 0.263. The highest BCUT2D eigenvalue weighted by molar-refractivity contribution is 7.89. The van der Waals surface area contributed by atoms with Gasteiger partial charge < -0.3 is 4.74 Å². The van der Waals surface area contributed by atoms with Crippen LogP contribution < -0.4 is 0 Å². The van der Waals surface area contributed by atoms with Crippen LogP contribution in [0.2, 0.25) is 0 Å². The lowest BCUT2D eigenvalue weighted by Gasteiger charge is -2.28. The normalized spacial score (nSPS) is 17.4. The summed E-state index contributed by atoms with van der Waals surface area (Å²) in [5.41, 5.74) is 2.12. The third-order valence-electron chi connectivity index (χ3n) is 4.44. The number of carbonyl (C=O) groups excluding carboxylic acids is 2. The molecule has 1 heterocycles. The molecule has 0 bridgehead atoms. The minimum Gasteiger partial charge on any atom is -0.467 e. The van der Waals surface area contributed by atoms with Crippen LogP contribution in [0.3, 0.4) is 0 Å². The Bertz CT molecular complexity index is 950. The minimum atomic E-state index is -4.22. The van der Waals surface area contributed by atoms with Crippen LogP contribution in [0, 0.1) is 6.92 Å². The molecule has 0 saturated heterocycles. The number of benzene rings is 2. The van der Waals surface area contributed by atoms with Gasteiger partial charge in [0.15, 0.2) is 6.04 Å². The number of methoxy groups -OCH3 is 1. The van der Waals surface area contributed by atoms with E-state index in [9.17, 15) is 18.0 Å². The van der Waals surface area contributed by atoms with Crippen molar-refractivity contribution in [3.05, 3.63) is 65.2 Å². The van der Waals surface area contributed by atoms with E-state index in [1.54, 1.807) is 36.4 Å². The molecular weight excluding hydrogens is 354 g/mol. The van der Waals surface area contributed by atoms with E-state index >= 15 is 0 Å². The summed E-state index contributed by atoms with van der Waals surface area (Å²) in [6.07, 6.45) is 0.359.